The number of hydrogen-bond donors (Lipinski definition) is 5. The van der Waals surface area contributed by atoms with Crippen LogP contribution in [0.1, 0.15) is 77.0 Å². The van der Waals surface area contributed by atoms with Crippen molar-refractivity contribution in [3.8, 4) is 23.5 Å². The monoisotopic (exact) mass is 1690 g/mol. The normalized spacial score (nSPS) is 17.8. The van der Waals surface area contributed by atoms with Crippen LogP contribution in [-0.4, -0.2) is 206 Å². The molecule has 0 aliphatic carbocycles. The molecule has 16 rings (SSSR count). The number of pyridine rings is 4. The number of hydrogen-bond acceptors (Lipinski definition) is 30. The summed E-state index contributed by atoms with van der Waals surface area (Å²) in [5.41, 5.74) is 8.37. The van der Waals surface area contributed by atoms with E-state index in [1.807, 2.05) is 72.8 Å². The van der Waals surface area contributed by atoms with Crippen LogP contribution in [0.4, 0.5) is 69.2 Å². The molecular weight excluding hydrogens is 1590 g/mol. The zero-order valence-electron chi connectivity index (χ0n) is 64.9. The van der Waals surface area contributed by atoms with Crippen LogP contribution in [-0.2, 0) is 28.1 Å². The Morgan fingerprint density at radius 1 is 0.465 bits per heavy atom. The Bertz CT molecular complexity index is 4730. The highest BCUT2D eigenvalue weighted by molar-refractivity contribution is 7.70. The minimum atomic E-state index is -2.51. The molecule has 32 nitrogen and oxygen atoms in total. The van der Waals surface area contributed by atoms with E-state index in [4.69, 9.17) is 90.3 Å². The van der Waals surface area contributed by atoms with Crippen LogP contribution in [0, 0.1) is 20.2 Å². The summed E-state index contributed by atoms with van der Waals surface area (Å²) in [6.45, 7) is 17.7. The van der Waals surface area contributed by atoms with Gasteiger partial charge in [0.25, 0.3) is 11.8 Å². The molecule has 8 saturated heterocycles. The zero-order chi connectivity index (χ0) is 81.4. The summed E-state index contributed by atoms with van der Waals surface area (Å²) in [6, 6.07) is 28.1. The molecule has 0 bridgehead atoms. The summed E-state index contributed by atoms with van der Waals surface area (Å²) < 4.78 is 68.8. The lowest BCUT2D eigenvalue weighted by Crippen LogP contribution is -2.64. The molecular formula is C76H96Cl4N18O14P2. The van der Waals surface area contributed by atoms with Gasteiger partial charge in [0, 0.05) is 62.3 Å². The quantitative estimate of drug-likeness (QED) is 0.0186. The van der Waals surface area contributed by atoms with Crippen LogP contribution in [0.15, 0.2) is 109 Å². The van der Waals surface area contributed by atoms with Crippen molar-refractivity contribution in [3.05, 3.63) is 150 Å². The Labute approximate surface area is 682 Å². The molecule has 14 heterocycles. The number of methoxy groups -OCH3 is 4. The molecule has 6 N–H and O–H groups in total. The molecule has 0 amide bonds. The number of aromatic nitrogens is 8. The van der Waals surface area contributed by atoms with Crippen LogP contribution in [0.2, 0.25) is 20.5 Å². The molecule has 6 aromatic heterocycles. The summed E-state index contributed by atoms with van der Waals surface area (Å²) >= 11 is 23.6. The molecule has 0 atom stereocenters. The van der Waals surface area contributed by atoms with Crippen LogP contribution >= 0.6 is 60.7 Å². The topological polar surface area (TPSA) is 381 Å². The second-order valence-electron chi connectivity index (χ2n) is 29.3. The van der Waals surface area contributed by atoms with Crippen molar-refractivity contribution in [2.24, 2.45) is 0 Å². The van der Waals surface area contributed by atoms with Gasteiger partial charge in [0.15, 0.2) is 11.6 Å². The SMILES string of the molecule is C1CCC2(CNC2)OC1.COc1nc(Cl)ccc1[N+](=O)[O-].COc1nc(N2CC3(CCCCO3)C2)ccc1N.COc1nc(N2CC3(CCCCO3)C2)ccc1Nc1ncc(Cl)c(Nc2ccccc2P(C)(C)=O)n1.COc1nc(N2CC3(CCCCO3)C2)ccc1[N+](=O)[O-].CP(C)(=O)c1ccccc1Nc1nc(Cl)ncc1Cl. The minimum absolute atomic E-state index is 0.0213. The smallest absolute Gasteiger partial charge is 0.331 e. The second-order valence-corrected chi connectivity index (χ2v) is 37.2. The average molecular weight is 1690 g/mol. The van der Waals surface area contributed by atoms with E-state index in [0.717, 1.165) is 133 Å². The van der Waals surface area contributed by atoms with Crippen molar-refractivity contribution in [1.82, 2.24) is 45.2 Å². The number of para-hydroxylation sites is 2. The molecule has 2 aromatic carbocycles. The van der Waals surface area contributed by atoms with E-state index < -0.39 is 24.1 Å². The van der Waals surface area contributed by atoms with Crippen LogP contribution < -0.4 is 71.3 Å². The van der Waals surface area contributed by atoms with Gasteiger partial charge in [0.2, 0.25) is 23.0 Å². The summed E-state index contributed by atoms with van der Waals surface area (Å²) in [4.78, 5) is 60.2. The summed E-state index contributed by atoms with van der Waals surface area (Å²) in [5.74, 6) is 4.49. The number of nitrogen functional groups attached to an aromatic ring is 1. The third-order valence-electron chi connectivity index (χ3n) is 20.2. The van der Waals surface area contributed by atoms with E-state index in [-0.39, 0.29) is 56.0 Å². The van der Waals surface area contributed by atoms with Gasteiger partial charge in [-0.1, -0.05) is 59.1 Å². The number of ether oxygens (including phenoxy) is 8. The fraction of sp³-hybridized carbons (Fsp3) is 0.474. The lowest BCUT2D eigenvalue weighted by atomic mass is 9.86. The molecule has 4 spiro atoms. The average Bonchev–Trinajstić information content (AvgIpc) is 0.768. The number of nitrogens with one attached hydrogen (secondary N) is 4. The van der Waals surface area contributed by atoms with E-state index in [2.05, 4.69) is 75.6 Å². The number of nitrogens with zero attached hydrogens (tertiary/aromatic N) is 13. The minimum Gasteiger partial charge on any atom is -0.479 e. The Kier molecular flexibility index (Phi) is 28.9. The Balaban J connectivity index is 0.000000142. The van der Waals surface area contributed by atoms with Gasteiger partial charge < -0.3 is 88.7 Å². The van der Waals surface area contributed by atoms with Crippen molar-refractivity contribution >= 4 is 140 Å². The zero-order valence-corrected chi connectivity index (χ0v) is 69.7. The highest BCUT2D eigenvalue weighted by atomic mass is 35.5. The number of benzene rings is 2. The Morgan fingerprint density at radius 3 is 1.27 bits per heavy atom. The third kappa shape index (κ3) is 22.0. The van der Waals surface area contributed by atoms with Crippen molar-refractivity contribution in [1.29, 1.82) is 0 Å². The van der Waals surface area contributed by atoms with E-state index in [1.165, 1.54) is 89.8 Å². The fourth-order valence-corrected chi connectivity index (χ4v) is 17.0. The van der Waals surface area contributed by atoms with Gasteiger partial charge in [0.05, 0.1) is 113 Å². The van der Waals surface area contributed by atoms with Gasteiger partial charge >= 0.3 is 11.4 Å². The van der Waals surface area contributed by atoms with Gasteiger partial charge in [-0.2, -0.15) is 29.9 Å². The van der Waals surface area contributed by atoms with E-state index in [0.29, 0.717) is 68.0 Å². The second kappa shape index (κ2) is 38.3. The summed E-state index contributed by atoms with van der Waals surface area (Å²) in [7, 11) is 0.948. The number of anilines is 10. The largest absolute Gasteiger partial charge is 0.479 e. The first-order chi connectivity index (χ1) is 54.6. The van der Waals surface area contributed by atoms with Crippen LogP contribution in [0.5, 0.6) is 23.5 Å². The molecule has 8 aliphatic heterocycles. The van der Waals surface area contributed by atoms with Crippen LogP contribution in [0.3, 0.4) is 0 Å². The van der Waals surface area contributed by atoms with Crippen molar-refractivity contribution in [3.63, 3.8) is 0 Å². The maximum atomic E-state index is 12.7. The molecule has 0 radical (unpaired) electrons. The first-order valence-electron chi connectivity index (χ1n) is 37.3. The maximum absolute atomic E-state index is 12.7. The predicted octanol–water partition coefficient (Wildman–Crippen LogP) is 14.2. The van der Waals surface area contributed by atoms with Crippen LogP contribution in [0.25, 0.3) is 0 Å². The highest BCUT2D eigenvalue weighted by Gasteiger charge is 2.48. The van der Waals surface area contributed by atoms with Gasteiger partial charge in [-0.15, -0.1) is 0 Å². The fourth-order valence-electron chi connectivity index (χ4n) is 14.2. The van der Waals surface area contributed by atoms with Crippen molar-refractivity contribution < 1.29 is 56.9 Å². The molecule has 0 unspecified atom stereocenters. The summed E-state index contributed by atoms with van der Waals surface area (Å²) in [6.07, 6.45) is 17.3. The molecule has 8 fully saturated rings. The number of nitro groups is 2. The first kappa shape index (κ1) is 86.1. The molecule has 0 saturated carbocycles. The van der Waals surface area contributed by atoms with Gasteiger partial charge in [-0.3, -0.25) is 20.2 Å². The van der Waals surface area contributed by atoms with Crippen molar-refractivity contribution in [2.45, 2.75) is 99.5 Å². The lowest BCUT2D eigenvalue weighted by molar-refractivity contribution is -0.386. The molecule has 8 aliphatic rings. The molecule has 612 valence electrons. The number of rotatable bonds is 17. The van der Waals surface area contributed by atoms with Crippen molar-refractivity contribution in [2.75, 3.05) is 170 Å². The Hall–Kier alpha value is -8.78. The highest BCUT2D eigenvalue weighted by Crippen LogP contribution is 2.44. The molecule has 38 heteroatoms. The maximum Gasteiger partial charge on any atom is 0.331 e. The van der Waals surface area contributed by atoms with Gasteiger partial charge in [-0.05, 0) is 176 Å². The van der Waals surface area contributed by atoms with E-state index in [9.17, 15) is 29.4 Å². The first-order valence-corrected chi connectivity index (χ1v) is 44.0. The number of nitrogens with two attached hydrogens (primary N) is 1. The van der Waals surface area contributed by atoms with E-state index in [1.54, 1.807) is 46.9 Å². The predicted molar refractivity (Wildman–Crippen MR) is 446 cm³/mol. The third-order valence-corrected chi connectivity index (χ3v) is 24.2. The van der Waals surface area contributed by atoms with E-state index >= 15 is 0 Å². The number of halogens is 4. The van der Waals surface area contributed by atoms with Gasteiger partial charge in [0.1, 0.15) is 69.4 Å². The van der Waals surface area contributed by atoms with Gasteiger partial charge in [-0.25, -0.2) is 9.97 Å². The Morgan fingerprint density at radius 2 is 0.860 bits per heavy atom. The standard InChI is InChI=1S/C25H30ClN6O3P.C13H17N3O4.C13H19N3O2.C12H12Cl2N3OP.C7H13NO.C6H5ClN2O3/c1-34-23-19(10-11-21(30-23)32-15-25(16-32)12-6-7-13-35-25)29-24-27-14-17(26)22(31-24)28-18-8-4-5-9-20(18)36(2,3)33;1-19-12-10(16(17)18)4-5-11(14-12)15-8-13(9-15)6-2-3-7-20-13;1-17-12-10(14)4-5-11(15-12)16-8-13(9-16)6-2-3-7-18-13;1-19(2,18)10-6-4-3-5-9(10)16-11-8(13)7-15-12(14)17-11;1-2-4-9-7(3-1)5-8-6-7;1-12-6-4(9(10)11)2-3-5(7)8-6/h4-5,8-11,14H,6-7,12-13,15-16H2,1-3H3,(H2,27,28,29,31);4-5H,2-3,6-9H2,1H3;4-5H,2-3,6-9,14H2,1H3;3-7H,1-2H3,(H,15,16,17);8H,1-6H2;2-3H,1H3. The molecule has 8 aromatic rings. The lowest BCUT2D eigenvalue weighted by Gasteiger charge is -2.52. The molecule has 114 heavy (non-hydrogen) atoms. The summed E-state index contributed by atoms with van der Waals surface area (Å²) in [5, 5.41) is 36.3.